The van der Waals surface area contributed by atoms with Gasteiger partial charge in [0.25, 0.3) is 0 Å². The van der Waals surface area contributed by atoms with Crippen molar-refractivity contribution in [3.05, 3.63) is 10.7 Å². The van der Waals surface area contributed by atoms with Gasteiger partial charge in [-0.05, 0) is 41.6 Å². The Balaban J connectivity index is 3.13. The number of nitrogens with one attached hydrogen (secondary N) is 1. The molecule has 0 aliphatic heterocycles. The van der Waals surface area contributed by atoms with Crippen LogP contribution >= 0.6 is 15.9 Å². The lowest BCUT2D eigenvalue weighted by molar-refractivity contribution is 0.502. The van der Waals surface area contributed by atoms with E-state index in [1.54, 1.807) is 0 Å². The van der Waals surface area contributed by atoms with Crippen molar-refractivity contribution in [3.8, 4) is 0 Å². The summed E-state index contributed by atoms with van der Waals surface area (Å²) < 4.78 is 0.965. The summed E-state index contributed by atoms with van der Waals surface area (Å²) in [5.74, 6) is 2.30. The normalized spacial score (nSPS) is 11.2. The molecule has 0 bridgehead atoms. The summed E-state index contributed by atoms with van der Waals surface area (Å²) in [4.78, 5) is 11.4. The molecule has 0 unspecified atom stereocenters. The van der Waals surface area contributed by atoms with Crippen LogP contribution in [-0.4, -0.2) is 29.1 Å². The standard InChI is InChI=1S/C15H27BrN4/c1-6-12(7-2)20(10-11(4)5)14-13(16)9-18-15(19-14)17-8-3/h9,11-12H,6-8,10H2,1-5H3,(H,17,18,19). The van der Waals surface area contributed by atoms with Crippen LogP contribution in [0.4, 0.5) is 11.8 Å². The van der Waals surface area contributed by atoms with Gasteiger partial charge >= 0.3 is 0 Å². The zero-order chi connectivity index (χ0) is 15.1. The fourth-order valence-corrected chi connectivity index (χ4v) is 2.75. The van der Waals surface area contributed by atoms with Gasteiger partial charge in [-0.25, -0.2) is 4.98 Å². The Kier molecular flexibility index (Phi) is 7.27. The summed E-state index contributed by atoms with van der Waals surface area (Å²) in [6.45, 7) is 12.9. The molecular formula is C15H27BrN4. The Labute approximate surface area is 131 Å². The van der Waals surface area contributed by atoms with E-state index in [-0.39, 0.29) is 0 Å². The van der Waals surface area contributed by atoms with E-state index in [4.69, 9.17) is 0 Å². The van der Waals surface area contributed by atoms with Gasteiger partial charge in [0.05, 0.1) is 4.47 Å². The number of nitrogens with zero attached hydrogens (tertiary/aromatic N) is 3. The van der Waals surface area contributed by atoms with E-state index in [0.29, 0.717) is 17.9 Å². The van der Waals surface area contributed by atoms with E-state index in [0.717, 1.165) is 36.2 Å². The molecule has 1 heterocycles. The molecule has 0 aromatic carbocycles. The van der Waals surface area contributed by atoms with Gasteiger partial charge in [0.15, 0.2) is 0 Å². The van der Waals surface area contributed by atoms with Crippen molar-refractivity contribution in [2.75, 3.05) is 23.3 Å². The first-order chi connectivity index (χ1) is 9.53. The molecule has 0 aliphatic carbocycles. The van der Waals surface area contributed by atoms with Crippen molar-refractivity contribution in [1.82, 2.24) is 9.97 Å². The minimum absolute atomic E-state index is 0.512. The second-order valence-corrected chi connectivity index (χ2v) is 6.27. The lowest BCUT2D eigenvalue weighted by Gasteiger charge is -2.33. The quantitative estimate of drug-likeness (QED) is 0.763. The van der Waals surface area contributed by atoms with Crippen LogP contribution in [0.25, 0.3) is 0 Å². The fourth-order valence-electron chi connectivity index (χ4n) is 2.33. The average molecular weight is 343 g/mol. The maximum atomic E-state index is 4.69. The zero-order valence-corrected chi connectivity index (χ0v) is 14.9. The highest BCUT2D eigenvalue weighted by molar-refractivity contribution is 9.10. The molecule has 0 radical (unpaired) electrons. The van der Waals surface area contributed by atoms with E-state index in [9.17, 15) is 0 Å². The summed E-state index contributed by atoms with van der Waals surface area (Å²) >= 11 is 3.60. The molecule has 0 spiro atoms. The Bertz CT molecular complexity index is 405. The first-order valence-corrected chi connectivity index (χ1v) is 8.35. The van der Waals surface area contributed by atoms with Crippen LogP contribution in [0.1, 0.15) is 47.5 Å². The third kappa shape index (κ3) is 4.62. The molecule has 1 rings (SSSR count). The van der Waals surface area contributed by atoms with Crippen LogP contribution in [0.3, 0.4) is 0 Å². The number of hydrogen-bond acceptors (Lipinski definition) is 4. The smallest absolute Gasteiger partial charge is 0.224 e. The van der Waals surface area contributed by atoms with Gasteiger partial charge in [-0.3, -0.25) is 0 Å². The summed E-state index contributed by atoms with van der Waals surface area (Å²) in [7, 11) is 0. The van der Waals surface area contributed by atoms with Crippen molar-refractivity contribution >= 4 is 27.7 Å². The van der Waals surface area contributed by atoms with Crippen molar-refractivity contribution in [2.24, 2.45) is 5.92 Å². The molecule has 1 aromatic heterocycles. The molecule has 5 heteroatoms. The lowest BCUT2D eigenvalue weighted by atomic mass is 10.1. The summed E-state index contributed by atoms with van der Waals surface area (Å²) in [6, 6.07) is 0.512. The molecular weight excluding hydrogens is 316 g/mol. The van der Waals surface area contributed by atoms with Gasteiger partial charge in [0.2, 0.25) is 5.95 Å². The fraction of sp³-hybridized carbons (Fsp3) is 0.733. The number of rotatable bonds is 8. The van der Waals surface area contributed by atoms with Gasteiger partial charge in [-0.15, -0.1) is 0 Å². The molecule has 0 saturated carbocycles. The summed E-state index contributed by atoms with van der Waals surface area (Å²) in [5, 5.41) is 3.19. The maximum Gasteiger partial charge on any atom is 0.224 e. The second-order valence-electron chi connectivity index (χ2n) is 5.41. The van der Waals surface area contributed by atoms with Crippen LogP contribution in [-0.2, 0) is 0 Å². The van der Waals surface area contributed by atoms with Gasteiger partial charge < -0.3 is 10.2 Å². The topological polar surface area (TPSA) is 41.1 Å². The monoisotopic (exact) mass is 342 g/mol. The Morgan fingerprint density at radius 1 is 1.25 bits per heavy atom. The Morgan fingerprint density at radius 2 is 1.90 bits per heavy atom. The van der Waals surface area contributed by atoms with Crippen molar-refractivity contribution in [2.45, 2.75) is 53.5 Å². The highest BCUT2D eigenvalue weighted by Gasteiger charge is 2.21. The number of anilines is 2. The third-order valence-corrected chi connectivity index (χ3v) is 3.84. The van der Waals surface area contributed by atoms with E-state index in [2.05, 4.69) is 70.7 Å². The first kappa shape index (κ1) is 17.2. The van der Waals surface area contributed by atoms with Crippen LogP contribution < -0.4 is 10.2 Å². The summed E-state index contributed by atoms with van der Waals surface area (Å²) in [5.41, 5.74) is 0. The minimum atomic E-state index is 0.512. The molecule has 114 valence electrons. The SMILES string of the molecule is CCNc1ncc(Br)c(N(CC(C)C)C(CC)CC)n1. The van der Waals surface area contributed by atoms with Crippen LogP contribution in [0, 0.1) is 5.92 Å². The van der Waals surface area contributed by atoms with Crippen molar-refractivity contribution in [3.63, 3.8) is 0 Å². The predicted octanol–water partition coefficient (Wildman–Crippen LogP) is 4.32. The van der Waals surface area contributed by atoms with E-state index in [1.165, 1.54) is 0 Å². The highest BCUT2D eigenvalue weighted by atomic mass is 79.9. The zero-order valence-electron chi connectivity index (χ0n) is 13.3. The second kappa shape index (κ2) is 8.45. The first-order valence-electron chi connectivity index (χ1n) is 7.56. The van der Waals surface area contributed by atoms with Crippen LogP contribution in [0.2, 0.25) is 0 Å². The Morgan fingerprint density at radius 3 is 2.40 bits per heavy atom. The number of halogens is 1. The van der Waals surface area contributed by atoms with Gasteiger partial charge in [0, 0.05) is 25.3 Å². The molecule has 0 amide bonds. The summed E-state index contributed by atoms with van der Waals surface area (Å²) in [6.07, 6.45) is 4.09. The molecule has 1 N–H and O–H groups in total. The number of aromatic nitrogens is 2. The molecule has 0 atom stereocenters. The third-order valence-electron chi connectivity index (χ3n) is 3.28. The van der Waals surface area contributed by atoms with Crippen LogP contribution in [0.15, 0.2) is 10.7 Å². The minimum Gasteiger partial charge on any atom is -0.354 e. The predicted molar refractivity (Wildman–Crippen MR) is 90.4 cm³/mol. The molecule has 0 saturated heterocycles. The Hall–Kier alpha value is -0.840. The molecule has 20 heavy (non-hydrogen) atoms. The average Bonchev–Trinajstić information content (AvgIpc) is 2.41. The van der Waals surface area contributed by atoms with Gasteiger partial charge in [0.1, 0.15) is 5.82 Å². The largest absolute Gasteiger partial charge is 0.354 e. The van der Waals surface area contributed by atoms with E-state index >= 15 is 0 Å². The number of hydrogen-bond donors (Lipinski definition) is 1. The van der Waals surface area contributed by atoms with Gasteiger partial charge in [-0.2, -0.15) is 4.98 Å². The van der Waals surface area contributed by atoms with E-state index in [1.807, 2.05) is 6.20 Å². The molecule has 1 aromatic rings. The van der Waals surface area contributed by atoms with Gasteiger partial charge in [-0.1, -0.05) is 27.7 Å². The molecule has 4 nitrogen and oxygen atoms in total. The molecule has 0 aliphatic rings. The van der Waals surface area contributed by atoms with Crippen molar-refractivity contribution in [1.29, 1.82) is 0 Å². The molecule has 0 fully saturated rings. The lowest BCUT2D eigenvalue weighted by Crippen LogP contribution is -2.38. The highest BCUT2D eigenvalue weighted by Crippen LogP contribution is 2.28. The van der Waals surface area contributed by atoms with Crippen molar-refractivity contribution < 1.29 is 0 Å². The van der Waals surface area contributed by atoms with E-state index < -0.39 is 0 Å². The van der Waals surface area contributed by atoms with Crippen LogP contribution in [0.5, 0.6) is 0 Å². The maximum absolute atomic E-state index is 4.69.